The summed E-state index contributed by atoms with van der Waals surface area (Å²) >= 11 is 7.72. The first-order valence-electron chi connectivity index (χ1n) is 12.8. The number of thiophene rings is 1. The molecule has 0 saturated heterocycles. The van der Waals surface area contributed by atoms with Gasteiger partial charge in [-0.2, -0.15) is 0 Å². The van der Waals surface area contributed by atoms with Gasteiger partial charge in [-0.3, -0.25) is 4.79 Å². The number of hydrogen-bond acceptors (Lipinski definition) is 5. The lowest BCUT2D eigenvalue weighted by Crippen LogP contribution is -2.14. The fourth-order valence-electron chi connectivity index (χ4n) is 4.51. The molecule has 1 amide bonds. The van der Waals surface area contributed by atoms with Crippen molar-refractivity contribution >= 4 is 45.7 Å². The molecule has 3 aromatic carbocycles. The zero-order valence-corrected chi connectivity index (χ0v) is 22.8. The molecule has 1 aliphatic carbocycles. The summed E-state index contributed by atoms with van der Waals surface area (Å²) in [6.45, 7) is 2.83. The number of aliphatic imine (C=N–C) groups is 1. The number of nitrogens with zero attached hydrogens (tertiary/aromatic N) is 1. The van der Waals surface area contributed by atoms with Gasteiger partial charge in [0, 0.05) is 21.8 Å². The van der Waals surface area contributed by atoms with E-state index in [1.54, 1.807) is 17.6 Å². The Bertz CT molecular complexity index is 1450. The van der Waals surface area contributed by atoms with Crippen LogP contribution in [0.15, 0.2) is 77.8 Å². The summed E-state index contributed by atoms with van der Waals surface area (Å²) in [5.74, 6) is 1.19. The average molecular weight is 545 g/mol. The number of halogens is 1. The second-order valence-corrected chi connectivity index (χ2v) is 10.5. The lowest BCUT2D eigenvalue weighted by molar-refractivity contribution is 0.102. The van der Waals surface area contributed by atoms with Crippen LogP contribution in [0, 0.1) is 0 Å². The van der Waals surface area contributed by atoms with E-state index in [1.807, 2.05) is 79.7 Å². The maximum absolute atomic E-state index is 13.4. The molecule has 38 heavy (non-hydrogen) atoms. The summed E-state index contributed by atoms with van der Waals surface area (Å²) < 4.78 is 11.9. The van der Waals surface area contributed by atoms with Gasteiger partial charge >= 0.3 is 0 Å². The third kappa shape index (κ3) is 6.26. The number of carbonyl (C=O) groups is 1. The maximum Gasteiger partial charge on any atom is 0.259 e. The summed E-state index contributed by atoms with van der Waals surface area (Å²) in [6.07, 6.45) is 5.93. The van der Waals surface area contributed by atoms with Gasteiger partial charge in [0.05, 0.1) is 12.2 Å². The van der Waals surface area contributed by atoms with Gasteiger partial charge in [-0.1, -0.05) is 41.9 Å². The minimum Gasteiger partial charge on any atom is -0.490 e. The summed E-state index contributed by atoms with van der Waals surface area (Å²) in [5.41, 5.74) is 4.45. The Balaban J connectivity index is 1.39. The average Bonchev–Trinajstić information content (AvgIpc) is 3.31. The van der Waals surface area contributed by atoms with Crippen LogP contribution in [0.5, 0.6) is 11.5 Å². The van der Waals surface area contributed by atoms with Gasteiger partial charge in [0.2, 0.25) is 0 Å². The topological polar surface area (TPSA) is 59.9 Å². The Morgan fingerprint density at radius 2 is 1.84 bits per heavy atom. The van der Waals surface area contributed by atoms with E-state index in [-0.39, 0.29) is 5.91 Å². The molecule has 5 rings (SSSR count). The number of carbonyl (C=O) groups excluding carboxylic acids is 1. The van der Waals surface area contributed by atoms with E-state index in [1.165, 1.54) is 4.88 Å². The second-order valence-electron chi connectivity index (χ2n) is 9.03. The van der Waals surface area contributed by atoms with Crippen LogP contribution in [-0.4, -0.2) is 18.7 Å². The number of fused-ring (bicyclic) bond motifs is 1. The van der Waals surface area contributed by atoms with E-state index in [9.17, 15) is 4.79 Å². The van der Waals surface area contributed by atoms with Gasteiger partial charge in [0.15, 0.2) is 11.5 Å². The zero-order valence-electron chi connectivity index (χ0n) is 21.2. The first-order chi connectivity index (χ1) is 18.6. The van der Waals surface area contributed by atoms with E-state index in [0.717, 1.165) is 53.1 Å². The molecule has 0 spiro atoms. The molecule has 4 aromatic rings. The molecule has 0 aliphatic heterocycles. The third-order valence-corrected chi connectivity index (χ3v) is 7.73. The molecular weight excluding hydrogens is 516 g/mol. The smallest absolute Gasteiger partial charge is 0.259 e. The number of anilines is 1. The lowest BCUT2D eigenvalue weighted by atomic mass is 9.95. The van der Waals surface area contributed by atoms with Crippen LogP contribution in [0.4, 0.5) is 10.7 Å². The standard InChI is InChI=1S/C31H29ClN2O3S/c1-2-36-27-18-21(15-16-26(27)37-20-22-9-8-10-23(32)17-22)19-33-31-29(25-13-6-7-14-28(25)38-31)30(35)34-24-11-4-3-5-12-24/h3-5,8-12,15-19H,2,6-7,13-14,20H2,1H3,(H,34,35). The monoisotopic (exact) mass is 544 g/mol. The van der Waals surface area contributed by atoms with Crippen molar-refractivity contribution in [1.29, 1.82) is 0 Å². The van der Waals surface area contributed by atoms with Gasteiger partial charge in [0.25, 0.3) is 5.91 Å². The third-order valence-electron chi connectivity index (χ3n) is 6.29. The number of para-hydroxylation sites is 1. The molecule has 0 atom stereocenters. The summed E-state index contributed by atoms with van der Waals surface area (Å²) in [4.78, 5) is 19.4. The molecule has 0 radical (unpaired) electrons. The highest BCUT2D eigenvalue weighted by molar-refractivity contribution is 7.16. The van der Waals surface area contributed by atoms with Crippen LogP contribution in [-0.2, 0) is 19.4 Å². The van der Waals surface area contributed by atoms with Crippen molar-refractivity contribution < 1.29 is 14.3 Å². The fraction of sp³-hybridized carbons (Fsp3) is 0.226. The van der Waals surface area contributed by atoms with Gasteiger partial charge < -0.3 is 14.8 Å². The van der Waals surface area contributed by atoms with E-state index >= 15 is 0 Å². The number of hydrogen-bond donors (Lipinski definition) is 1. The van der Waals surface area contributed by atoms with Crippen molar-refractivity contribution in [2.75, 3.05) is 11.9 Å². The van der Waals surface area contributed by atoms with Crippen molar-refractivity contribution in [1.82, 2.24) is 0 Å². The van der Waals surface area contributed by atoms with E-state index in [4.69, 9.17) is 26.1 Å². The molecule has 194 valence electrons. The Morgan fingerprint density at radius 3 is 2.66 bits per heavy atom. The van der Waals surface area contributed by atoms with E-state index < -0.39 is 0 Å². The first-order valence-corrected chi connectivity index (χ1v) is 14.0. The predicted octanol–water partition coefficient (Wildman–Crippen LogP) is 8.26. The Labute approximate surface area is 232 Å². The molecule has 1 aromatic heterocycles. The fourth-order valence-corrected chi connectivity index (χ4v) is 5.95. The highest BCUT2D eigenvalue weighted by Gasteiger charge is 2.25. The molecule has 0 fully saturated rings. The Hall–Kier alpha value is -3.61. The molecule has 0 saturated carbocycles. The van der Waals surface area contributed by atoms with Crippen LogP contribution < -0.4 is 14.8 Å². The van der Waals surface area contributed by atoms with Crippen LogP contribution in [0.2, 0.25) is 5.02 Å². The van der Waals surface area contributed by atoms with Crippen molar-refractivity contribution in [3.05, 3.63) is 105 Å². The number of nitrogens with one attached hydrogen (secondary N) is 1. The van der Waals surface area contributed by atoms with Gasteiger partial charge in [-0.15, -0.1) is 11.3 Å². The van der Waals surface area contributed by atoms with Gasteiger partial charge in [-0.25, -0.2) is 4.99 Å². The quantitative estimate of drug-likeness (QED) is 0.216. The molecular formula is C31H29ClN2O3S. The van der Waals surface area contributed by atoms with E-state index in [0.29, 0.717) is 35.3 Å². The largest absolute Gasteiger partial charge is 0.490 e. The molecule has 1 heterocycles. The minimum atomic E-state index is -0.109. The van der Waals surface area contributed by atoms with Crippen molar-refractivity contribution in [3.8, 4) is 11.5 Å². The zero-order chi connectivity index (χ0) is 26.3. The molecule has 0 bridgehead atoms. The Morgan fingerprint density at radius 1 is 1.00 bits per heavy atom. The number of ether oxygens (including phenoxy) is 2. The molecule has 1 N–H and O–H groups in total. The van der Waals surface area contributed by atoms with Crippen molar-refractivity contribution in [3.63, 3.8) is 0 Å². The number of rotatable bonds is 9. The number of amides is 1. The lowest BCUT2D eigenvalue weighted by Gasteiger charge is -2.13. The molecule has 0 unspecified atom stereocenters. The summed E-state index contributed by atoms with van der Waals surface area (Å²) in [5, 5.41) is 4.46. The summed E-state index contributed by atoms with van der Waals surface area (Å²) in [6, 6.07) is 22.9. The summed E-state index contributed by atoms with van der Waals surface area (Å²) in [7, 11) is 0. The molecule has 1 aliphatic rings. The molecule has 7 heteroatoms. The van der Waals surface area contributed by atoms with Crippen LogP contribution >= 0.6 is 22.9 Å². The molecule has 5 nitrogen and oxygen atoms in total. The SMILES string of the molecule is CCOc1cc(C=Nc2sc3c(c2C(=O)Nc2ccccc2)CCCC3)ccc1OCc1cccc(Cl)c1. The van der Waals surface area contributed by atoms with Crippen LogP contribution in [0.3, 0.4) is 0 Å². The second kappa shape index (κ2) is 12.3. The first kappa shape index (κ1) is 26.0. The van der Waals surface area contributed by atoms with Gasteiger partial charge in [-0.05, 0) is 91.8 Å². The minimum absolute atomic E-state index is 0.109. The number of aryl methyl sites for hydroxylation is 1. The van der Waals surface area contributed by atoms with Crippen molar-refractivity contribution in [2.24, 2.45) is 4.99 Å². The van der Waals surface area contributed by atoms with Crippen LogP contribution in [0.25, 0.3) is 0 Å². The highest BCUT2D eigenvalue weighted by Crippen LogP contribution is 2.40. The predicted molar refractivity (Wildman–Crippen MR) is 156 cm³/mol. The number of benzene rings is 3. The van der Waals surface area contributed by atoms with E-state index in [2.05, 4.69) is 5.32 Å². The van der Waals surface area contributed by atoms with Gasteiger partial charge in [0.1, 0.15) is 11.6 Å². The highest BCUT2D eigenvalue weighted by atomic mass is 35.5. The normalized spacial score (nSPS) is 12.8. The maximum atomic E-state index is 13.4. The Kier molecular flexibility index (Phi) is 8.41. The van der Waals surface area contributed by atoms with Crippen molar-refractivity contribution in [2.45, 2.75) is 39.2 Å². The van der Waals surface area contributed by atoms with Crippen LogP contribution in [0.1, 0.15) is 51.7 Å².